The number of carbonyl (C=O) groups is 1. The first-order chi connectivity index (χ1) is 13.5. The highest BCUT2D eigenvalue weighted by molar-refractivity contribution is 7.15. The first-order valence-electron chi connectivity index (χ1n) is 9.26. The van der Waals surface area contributed by atoms with Crippen molar-refractivity contribution in [2.75, 3.05) is 6.54 Å². The van der Waals surface area contributed by atoms with E-state index < -0.39 is 0 Å². The zero-order chi connectivity index (χ0) is 19.7. The molecule has 2 aromatic heterocycles. The van der Waals surface area contributed by atoms with Crippen LogP contribution in [-0.2, 0) is 6.42 Å². The molecule has 0 aliphatic rings. The summed E-state index contributed by atoms with van der Waals surface area (Å²) in [7, 11) is 0. The van der Waals surface area contributed by atoms with Crippen molar-refractivity contribution in [3.63, 3.8) is 0 Å². The Balaban J connectivity index is 1.46. The lowest BCUT2D eigenvalue weighted by molar-refractivity contribution is 0.0954. The van der Waals surface area contributed by atoms with Gasteiger partial charge < -0.3 is 5.32 Å². The molecule has 2 heterocycles. The summed E-state index contributed by atoms with van der Waals surface area (Å²) in [6.07, 6.45) is 0.702. The minimum absolute atomic E-state index is 0.0442. The Morgan fingerprint density at radius 2 is 1.86 bits per heavy atom. The van der Waals surface area contributed by atoms with Crippen molar-refractivity contribution in [3.8, 4) is 11.4 Å². The summed E-state index contributed by atoms with van der Waals surface area (Å²) in [6, 6.07) is 14.1. The largest absolute Gasteiger partial charge is 0.352 e. The van der Waals surface area contributed by atoms with Crippen LogP contribution in [0, 0.1) is 20.8 Å². The van der Waals surface area contributed by atoms with Crippen LogP contribution in [0.4, 0.5) is 0 Å². The van der Waals surface area contributed by atoms with Gasteiger partial charge in [0.05, 0.1) is 5.69 Å². The highest BCUT2D eigenvalue weighted by atomic mass is 32.1. The lowest BCUT2D eigenvalue weighted by Crippen LogP contribution is -2.26. The van der Waals surface area contributed by atoms with E-state index in [0.717, 1.165) is 33.2 Å². The number of rotatable bonds is 5. The summed E-state index contributed by atoms with van der Waals surface area (Å²) in [5.74, 6) is 0.688. The number of amides is 1. The third kappa shape index (κ3) is 3.82. The number of hydrogen-bond donors (Lipinski definition) is 1. The minimum atomic E-state index is -0.0442. The first kappa shape index (κ1) is 18.4. The normalized spacial score (nSPS) is 11.1. The molecule has 0 bridgehead atoms. The van der Waals surface area contributed by atoms with Crippen LogP contribution in [0.1, 0.15) is 32.7 Å². The maximum Gasteiger partial charge on any atom is 0.251 e. The second kappa shape index (κ2) is 7.56. The van der Waals surface area contributed by atoms with Gasteiger partial charge in [-0.1, -0.05) is 41.0 Å². The lowest BCUT2D eigenvalue weighted by atomic mass is 10.1. The number of benzene rings is 2. The maximum atomic E-state index is 12.4. The predicted octanol–water partition coefficient (Wildman–Crippen LogP) is 4.36. The number of carbonyl (C=O) groups excluding carboxylic acids is 1. The monoisotopic (exact) mass is 390 g/mol. The van der Waals surface area contributed by atoms with Crippen molar-refractivity contribution >= 4 is 22.2 Å². The zero-order valence-electron chi connectivity index (χ0n) is 16.2. The quantitative estimate of drug-likeness (QED) is 0.551. The van der Waals surface area contributed by atoms with Crippen molar-refractivity contribution in [1.29, 1.82) is 0 Å². The van der Waals surface area contributed by atoms with Gasteiger partial charge in [0.2, 0.25) is 4.96 Å². The third-order valence-corrected chi connectivity index (χ3v) is 5.44. The molecule has 0 saturated heterocycles. The molecule has 5 nitrogen and oxygen atoms in total. The topological polar surface area (TPSA) is 59.3 Å². The molecule has 1 N–H and O–H groups in total. The molecular weight excluding hydrogens is 368 g/mol. The molecule has 0 atom stereocenters. The van der Waals surface area contributed by atoms with E-state index >= 15 is 0 Å². The predicted molar refractivity (Wildman–Crippen MR) is 113 cm³/mol. The average molecular weight is 391 g/mol. The molecule has 4 rings (SSSR count). The second-order valence-corrected chi connectivity index (χ2v) is 7.95. The first-order valence-corrected chi connectivity index (χ1v) is 10.1. The van der Waals surface area contributed by atoms with Gasteiger partial charge in [0.25, 0.3) is 5.91 Å². The smallest absolute Gasteiger partial charge is 0.251 e. The van der Waals surface area contributed by atoms with Crippen LogP contribution < -0.4 is 5.32 Å². The minimum Gasteiger partial charge on any atom is -0.352 e. The Morgan fingerprint density at radius 1 is 1.07 bits per heavy atom. The molecule has 142 valence electrons. The molecular formula is C22H22N4OS. The summed E-state index contributed by atoms with van der Waals surface area (Å²) >= 11 is 1.57. The van der Waals surface area contributed by atoms with E-state index in [1.54, 1.807) is 11.3 Å². The number of aromatic nitrogens is 3. The zero-order valence-corrected chi connectivity index (χ0v) is 17.0. The number of aryl methyl sites for hydroxylation is 3. The Kier molecular flexibility index (Phi) is 4.96. The van der Waals surface area contributed by atoms with E-state index in [0.29, 0.717) is 18.5 Å². The highest BCUT2D eigenvalue weighted by Crippen LogP contribution is 2.21. The van der Waals surface area contributed by atoms with Gasteiger partial charge in [0, 0.05) is 29.5 Å². The summed E-state index contributed by atoms with van der Waals surface area (Å²) in [4.78, 5) is 17.9. The second-order valence-electron chi connectivity index (χ2n) is 7.11. The molecule has 2 aromatic carbocycles. The van der Waals surface area contributed by atoms with Crippen molar-refractivity contribution in [2.24, 2.45) is 0 Å². The molecule has 0 aliphatic heterocycles. The third-order valence-electron chi connectivity index (χ3n) is 4.58. The van der Waals surface area contributed by atoms with Gasteiger partial charge in [0.15, 0.2) is 5.82 Å². The fourth-order valence-corrected chi connectivity index (χ4v) is 4.17. The summed E-state index contributed by atoms with van der Waals surface area (Å²) in [6.45, 7) is 6.62. The number of thiazole rings is 1. The number of hydrogen-bond acceptors (Lipinski definition) is 4. The van der Waals surface area contributed by atoms with E-state index in [1.165, 1.54) is 5.56 Å². The average Bonchev–Trinajstić information content (AvgIpc) is 3.22. The van der Waals surface area contributed by atoms with Crippen LogP contribution in [0.2, 0.25) is 0 Å². The Morgan fingerprint density at radius 3 is 2.61 bits per heavy atom. The van der Waals surface area contributed by atoms with Gasteiger partial charge in [-0.25, -0.2) is 4.52 Å². The molecule has 1 amide bonds. The number of fused-ring (bicyclic) bond motifs is 1. The van der Waals surface area contributed by atoms with E-state index in [2.05, 4.69) is 45.9 Å². The van der Waals surface area contributed by atoms with Gasteiger partial charge >= 0.3 is 0 Å². The SMILES string of the molecule is Cc1cc(C)cc(C(=O)NCCc2csc3nc(-c4cccc(C)c4)nn23)c1. The van der Waals surface area contributed by atoms with Crippen molar-refractivity contribution in [2.45, 2.75) is 27.2 Å². The summed E-state index contributed by atoms with van der Waals surface area (Å²) in [5, 5.41) is 9.73. The van der Waals surface area contributed by atoms with Gasteiger partial charge in [-0.15, -0.1) is 16.4 Å². The van der Waals surface area contributed by atoms with Crippen LogP contribution in [0.5, 0.6) is 0 Å². The van der Waals surface area contributed by atoms with Crippen LogP contribution in [0.25, 0.3) is 16.3 Å². The number of nitrogens with zero attached hydrogens (tertiary/aromatic N) is 3. The van der Waals surface area contributed by atoms with Crippen molar-refractivity contribution in [1.82, 2.24) is 19.9 Å². The molecule has 0 aliphatic carbocycles. The lowest BCUT2D eigenvalue weighted by Gasteiger charge is -2.07. The summed E-state index contributed by atoms with van der Waals surface area (Å²) in [5.41, 5.74) is 6.14. The standard InChI is InChI=1S/C22H22N4OS/c1-14-5-4-6-17(10-14)20-24-22-26(25-20)19(13-28-22)7-8-23-21(27)18-11-15(2)9-16(3)12-18/h4-6,9-13H,7-8H2,1-3H3,(H,23,27). The molecule has 6 heteroatoms. The van der Waals surface area contributed by atoms with E-state index in [1.807, 2.05) is 42.6 Å². The Bertz CT molecular complexity index is 1140. The van der Waals surface area contributed by atoms with Crippen LogP contribution in [0.15, 0.2) is 47.8 Å². The van der Waals surface area contributed by atoms with Gasteiger partial charge in [-0.3, -0.25) is 4.79 Å². The van der Waals surface area contributed by atoms with Crippen molar-refractivity contribution in [3.05, 3.63) is 75.8 Å². The van der Waals surface area contributed by atoms with Gasteiger partial charge in [-0.2, -0.15) is 4.98 Å². The van der Waals surface area contributed by atoms with Crippen LogP contribution in [0.3, 0.4) is 0 Å². The van der Waals surface area contributed by atoms with Crippen molar-refractivity contribution < 1.29 is 4.79 Å². The number of nitrogens with one attached hydrogen (secondary N) is 1. The van der Waals surface area contributed by atoms with E-state index in [4.69, 9.17) is 0 Å². The van der Waals surface area contributed by atoms with Gasteiger partial charge in [-0.05, 0) is 39.0 Å². The molecule has 0 radical (unpaired) electrons. The molecule has 0 spiro atoms. The molecule has 0 saturated carbocycles. The van der Waals surface area contributed by atoms with Gasteiger partial charge in [0.1, 0.15) is 0 Å². The fourth-order valence-electron chi connectivity index (χ4n) is 3.32. The van der Waals surface area contributed by atoms with E-state index in [9.17, 15) is 4.79 Å². The molecule has 28 heavy (non-hydrogen) atoms. The molecule has 0 fully saturated rings. The Labute approximate surface area is 168 Å². The Hall–Kier alpha value is -2.99. The maximum absolute atomic E-state index is 12.4. The highest BCUT2D eigenvalue weighted by Gasteiger charge is 2.12. The molecule has 0 unspecified atom stereocenters. The summed E-state index contributed by atoms with van der Waals surface area (Å²) < 4.78 is 1.88. The fraction of sp³-hybridized carbons (Fsp3) is 0.227. The van der Waals surface area contributed by atoms with Crippen LogP contribution >= 0.6 is 11.3 Å². The van der Waals surface area contributed by atoms with E-state index in [-0.39, 0.29) is 5.91 Å². The van der Waals surface area contributed by atoms with Crippen LogP contribution in [-0.4, -0.2) is 27.0 Å². The molecule has 4 aromatic rings.